The van der Waals surface area contributed by atoms with Crippen molar-refractivity contribution in [3.8, 4) is 39.4 Å². The van der Waals surface area contributed by atoms with Crippen LogP contribution in [-0.4, -0.2) is 20.1 Å². The Kier molecular flexibility index (Phi) is 7.13. The fraction of sp³-hybridized carbons (Fsp3) is 0.0263. The van der Waals surface area contributed by atoms with Gasteiger partial charge in [-0.15, -0.1) is 40.9 Å². The van der Waals surface area contributed by atoms with Gasteiger partial charge in [-0.05, 0) is 68.7 Å². The van der Waals surface area contributed by atoms with Gasteiger partial charge in [-0.25, -0.2) is 4.98 Å². The molecule has 0 aliphatic heterocycles. The molecule has 0 unspecified atom stereocenters. The Morgan fingerprint density at radius 1 is 0.659 bits per heavy atom. The topological polar surface area (TPSA) is 58.9 Å². The first-order valence-electron chi connectivity index (χ1n) is 14.0. The van der Waals surface area contributed by atoms with Crippen LogP contribution in [0, 0.1) is 6.07 Å². The van der Waals surface area contributed by atoms with Crippen LogP contribution in [0.25, 0.3) is 44.5 Å². The number of pyridine rings is 1. The number of aromatic hydroxyl groups is 1. The van der Waals surface area contributed by atoms with Crippen LogP contribution in [0.4, 0.5) is 0 Å². The molecule has 5 aromatic carbocycles. The van der Waals surface area contributed by atoms with E-state index < -0.39 is 5.41 Å². The number of benzene rings is 5. The molecule has 0 saturated carbocycles. The van der Waals surface area contributed by atoms with E-state index in [0.717, 1.165) is 55.7 Å². The van der Waals surface area contributed by atoms with Gasteiger partial charge in [-0.2, -0.15) is 0 Å². The van der Waals surface area contributed by atoms with Crippen molar-refractivity contribution in [1.29, 1.82) is 0 Å². The summed E-state index contributed by atoms with van der Waals surface area (Å²) in [6, 6.07) is 45.8. The molecule has 7 aromatic rings. The summed E-state index contributed by atoms with van der Waals surface area (Å²) in [4.78, 5) is 14.4. The minimum Gasteiger partial charge on any atom is -0.507 e. The summed E-state index contributed by atoms with van der Waals surface area (Å²) in [7, 11) is 0. The predicted octanol–water partition coefficient (Wildman–Crippen LogP) is 8.88. The molecular weight excluding hydrogens is 745 g/mol. The van der Waals surface area contributed by atoms with Gasteiger partial charge in [-0.1, -0.05) is 84.9 Å². The van der Waals surface area contributed by atoms with Gasteiger partial charge in [0.15, 0.2) is 0 Å². The Balaban J connectivity index is 0.00000312. The van der Waals surface area contributed by atoms with E-state index in [0.29, 0.717) is 16.3 Å². The van der Waals surface area contributed by atoms with Gasteiger partial charge in [0.2, 0.25) is 0 Å². The van der Waals surface area contributed by atoms with Crippen LogP contribution in [-0.2, 0) is 26.5 Å². The van der Waals surface area contributed by atoms with Crippen LogP contribution in [0.1, 0.15) is 22.4 Å². The number of para-hydroxylation sites is 2. The van der Waals surface area contributed by atoms with E-state index in [2.05, 4.69) is 70.6 Å². The summed E-state index contributed by atoms with van der Waals surface area (Å²) in [5.74, 6) is 0.181. The van der Waals surface area contributed by atoms with Crippen molar-refractivity contribution < 1.29 is 26.2 Å². The summed E-state index contributed by atoms with van der Waals surface area (Å²) in [5.41, 5.74) is 9.03. The molecule has 2 aromatic heterocycles. The standard InChI is InChI=1S/C38H23ClN3O.Pt/c39-26-21-24(37-30-13-3-7-16-33(30)40-23-41-37)20-25(22-26)38(31-14-5-1-10-27(31)28-11-2-6-15-32(28)38)36-19-9-17-34(42-36)29-12-4-8-18-35(29)43;/h1-19,21-23,43H;/q-1;. The number of hydrogen-bond acceptors (Lipinski definition) is 4. The Morgan fingerprint density at radius 3 is 2.07 bits per heavy atom. The Labute approximate surface area is 274 Å². The molecule has 0 spiro atoms. The monoisotopic (exact) mass is 767 g/mol. The third-order valence-electron chi connectivity index (χ3n) is 8.30. The minimum atomic E-state index is -0.837. The molecule has 8 rings (SSSR count). The molecular formula is C38H23ClN3OPt-. The number of fused-ring (bicyclic) bond motifs is 4. The van der Waals surface area contributed by atoms with Gasteiger partial charge < -0.3 is 5.11 Å². The maximum Gasteiger partial charge on any atom is 0.124 e. The summed E-state index contributed by atoms with van der Waals surface area (Å²) in [5, 5.41) is 12.2. The van der Waals surface area contributed by atoms with Crippen molar-refractivity contribution in [2.24, 2.45) is 0 Å². The van der Waals surface area contributed by atoms with E-state index in [1.807, 2.05) is 66.7 Å². The maximum absolute atomic E-state index is 10.7. The maximum atomic E-state index is 10.7. The van der Waals surface area contributed by atoms with E-state index in [-0.39, 0.29) is 26.8 Å². The molecule has 0 amide bonds. The van der Waals surface area contributed by atoms with Crippen molar-refractivity contribution in [3.63, 3.8) is 0 Å². The molecule has 0 saturated heterocycles. The summed E-state index contributed by atoms with van der Waals surface area (Å²) < 4.78 is 0. The first-order valence-corrected chi connectivity index (χ1v) is 14.4. The molecule has 2 heterocycles. The Bertz CT molecular complexity index is 2150. The van der Waals surface area contributed by atoms with Gasteiger partial charge in [0, 0.05) is 26.6 Å². The zero-order valence-corrected chi connectivity index (χ0v) is 26.2. The number of rotatable bonds is 4. The Morgan fingerprint density at radius 2 is 1.32 bits per heavy atom. The van der Waals surface area contributed by atoms with Crippen molar-refractivity contribution in [2.45, 2.75) is 5.41 Å². The van der Waals surface area contributed by atoms with Crippen LogP contribution >= 0.6 is 11.6 Å². The van der Waals surface area contributed by atoms with Gasteiger partial charge in [-0.3, -0.25) is 9.97 Å². The third-order valence-corrected chi connectivity index (χ3v) is 8.52. The first kappa shape index (κ1) is 28.2. The number of phenolic OH excluding ortho intramolecular Hbond substituents is 1. The van der Waals surface area contributed by atoms with E-state index >= 15 is 0 Å². The average molecular weight is 768 g/mol. The van der Waals surface area contributed by atoms with Crippen molar-refractivity contribution in [3.05, 3.63) is 167 Å². The van der Waals surface area contributed by atoms with Gasteiger partial charge in [0.1, 0.15) is 12.1 Å². The second-order valence-corrected chi connectivity index (χ2v) is 11.1. The van der Waals surface area contributed by atoms with Gasteiger partial charge in [0.25, 0.3) is 0 Å². The van der Waals surface area contributed by atoms with Crippen molar-refractivity contribution >= 4 is 22.5 Å². The quantitative estimate of drug-likeness (QED) is 0.182. The van der Waals surface area contributed by atoms with Gasteiger partial charge >= 0.3 is 0 Å². The molecule has 4 nitrogen and oxygen atoms in total. The van der Waals surface area contributed by atoms with Gasteiger partial charge in [0.05, 0.1) is 22.3 Å². The summed E-state index contributed by atoms with van der Waals surface area (Å²) >= 11 is 6.96. The SMILES string of the molecule is Oc1ccccc1-c1cccc(C2(c3[c-]c(-c4ncnc5ccccc45)cc(Cl)c3)c3ccccc3-c3ccccc32)n1.[Pt]. The van der Waals surface area contributed by atoms with Crippen LogP contribution in [0.5, 0.6) is 5.75 Å². The normalized spacial score (nSPS) is 12.8. The zero-order chi connectivity index (χ0) is 29.0. The largest absolute Gasteiger partial charge is 0.507 e. The minimum absolute atomic E-state index is 0. The van der Waals surface area contributed by atoms with Crippen LogP contribution < -0.4 is 0 Å². The third kappa shape index (κ3) is 4.29. The molecule has 1 aliphatic rings. The molecule has 6 heteroatoms. The predicted molar refractivity (Wildman–Crippen MR) is 171 cm³/mol. The number of hydrogen-bond donors (Lipinski definition) is 1. The zero-order valence-electron chi connectivity index (χ0n) is 23.2. The number of phenols is 1. The summed E-state index contributed by atoms with van der Waals surface area (Å²) in [6.07, 6.45) is 1.58. The number of nitrogens with zero attached hydrogens (tertiary/aromatic N) is 3. The molecule has 44 heavy (non-hydrogen) atoms. The molecule has 0 fully saturated rings. The van der Waals surface area contributed by atoms with Crippen molar-refractivity contribution in [2.75, 3.05) is 0 Å². The van der Waals surface area contributed by atoms with Crippen LogP contribution in [0.2, 0.25) is 5.02 Å². The van der Waals surface area contributed by atoms with E-state index in [1.165, 1.54) is 0 Å². The second kappa shape index (κ2) is 11.1. The fourth-order valence-electron chi connectivity index (χ4n) is 6.51. The molecule has 0 radical (unpaired) electrons. The molecule has 0 bridgehead atoms. The van der Waals surface area contributed by atoms with E-state index in [4.69, 9.17) is 16.6 Å². The second-order valence-electron chi connectivity index (χ2n) is 10.6. The summed E-state index contributed by atoms with van der Waals surface area (Å²) in [6.45, 7) is 0. The molecule has 1 aliphatic carbocycles. The molecule has 0 atom stereocenters. The van der Waals surface area contributed by atoms with E-state index in [1.54, 1.807) is 12.4 Å². The van der Waals surface area contributed by atoms with E-state index in [9.17, 15) is 5.11 Å². The number of aromatic nitrogens is 3. The average Bonchev–Trinajstić information content (AvgIpc) is 3.36. The molecule has 214 valence electrons. The van der Waals surface area contributed by atoms with Crippen LogP contribution in [0.15, 0.2) is 134 Å². The first-order chi connectivity index (χ1) is 21.1. The Hall–Kier alpha value is -4.63. The fourth-order valence-corrected chi connectivity index (χ4v) is 6.72. The smallest absolute Gasteiger partial charge is 0.124 e. The van der Waals surface area contributed by atoms with Crippen LogP contribution in [0.3, 0.4) is 0 Å². The molecule has 1 N–H and O–H groups in total. The van der Waals surface area contributed by atoms with Crippen molar-refractivity contribution in [1.82, 2.24) is 15.0 Å². The number of halogens is 1.